The molecule has 0 aliphatic carbocycles. The lowest BCUT2D eigenvalue weighted by Gasteiger charge is -2.24. The molecular weight excluding hydrogens is 467 g/mol. The fraction of sp³-hybridized carbons (Fsp3) is 0.391. The number of aliphatic imine (C=N–C) groups is 1. The van der Waals surface area contributed by atoms with Crippen molar-refractivity contribution in [3.63, 3.8) is 0 Å². The smallest absolute Gasteiger partial charge is 0.252 e. The van der Waals surface area contributed by atoms with E-state index >= 15 is 0 Å². The predicted octanol–water partition coefficient (Wildman–Crippen LogP) is 2.73. The molecule has 0 aromatic heterocycles. The molecule has 2 saturated heterocycles. The van der Waals surface area contributed by atoms with E-state index in [1.54, 1.807) is 37.4 Å². The number of carbonyl (C=O) groups is 1. The summed E-state index contributed by atoms with van der Waals surface area (Å²) in [6, 6.07) is 11.3. The summed E-state index contributed by atoms with van der Waals surface area (Å²) >= 11 is 1.35. The first kappa shape index (κ1) is 23.6. The molecule has 0 spiro atoms. The van der Waals surface area contributed by atoms with E-state index in [2.05, 4.69) is 4.99 Å². The van der Waals surface area contributed by atoms with Gasteiger partial charge in [0.2, 0.25) is 0 Å². The van der Waals surface area contributed by atoms with E-state index in [9.17, 15) is 17.6 Å². The first-order chi connectivity index (χ1) is 15.8. The average Bonchev–Trinajstić information content (AvgIpc) is 3.24. The molecule has 10 heteroatoms. The van der Waals surface area contributed by atoms with E-state index < -0.39 is 9.84 Å². The van der Waals surface area contributed by atoms with Gasteiger partial charge >= 0.3 is 0 Å². The van der Waals surface area contributed by atoms with Crippen molar-refractivity contribution in [1.29, 1.82) is 0 Å². The number of halogens is 1. The largest absolute Gasteiger partial charge is 0.493 e. The van der Waals surface area contributed by atoms with Gasteiger partial charge in [0.05, 0.1) is 38.2 Å². The Hall–Kier alpha value is -2.59. The SMILES string of the molecule is COc1ccc(CC(=O)N=C2SC3CS(=O)(=O)CC3N2CCc2ccc(F)cc2)cc1OC. The zero-order valence-electron chi connectivity index (χ0n) is 18.4. The van der Waals surface area contributed by atoms with Gasteiger partial charge in [0.15, 0.2) is 26.5 Å². The molecule has 176 valence electrons. The number of nitrogens with zero attached hydrogens (tertiary/aromatic N) is 2. The fourth-order valence-corrected chi connectivity index (χ4v) is 8.10. The van der Waals surface area contributed by atoms with Gasteiger partial charge < -0.3 is 14.4 Å². The van der Waals surface area contributed by atoms with E-state index in [-0.39, 0.29) is 40.9 Å². The van der Waals surface area contributed by atoms with Crippen molar-refractivity contribution in [2.75, 3.05) is 32.3 Å². The maximum absolute atomic E-state index is 13.2. The molecule has 2 fully saturated rings. The van der Waals surface area contributed by atoms with Gasteiger partial charge in [-0.15, -0.1) is 0 Å². The molecule has 2 unspecified atom stereocenters. The molecule has 2 aromatic carbocycles. The van der Waals surface area contributed by atoms with Crippen LogP contribution in [0.3, 0.4) is 0 Å². The fourth-order valence-electron chi connectivity index (χ4n) is 4.11. The van der Waals surface area contributed by atoms with Crippen LogP contribution in [0.5, 0.6) is 11.5 Å². The summed E-state index contributed by atoms with van der Waals surface area (Å²) < 4.78 is 48.1. The number of amides is 1. The van der Waals surface area contributed by atoms with Crippen LogP contribution in [-0.4, -0.2) is 68.0 Å². The van der Waals surface area contributed by atoms with Gasteiger partial charge in [-0.3, -0.25) is 4.79 Å². The summed E-state index contributed by atoms with van der Waals surface area (Å²) in [5.41, 5.74) is 1.67. The summed E-state index contributed by atoms with van der Waals surface area (Å²) in [7, 11) is -0.0419. The second-order valence-corrected chi connectivity index (χ2v) is 11.4. The third-order valence-corrected chi connectivity index (χ3v) is 9.00. The third kappa shape index (κ3) is 5.50. The third-order valence-electron chi connectivity index (χ3n) is 5.75. The van der Waals surface area contributed by atoms with Crippen LogP contribution in [0.4, 0.5) is 4.39 Å². The molecule has 2 atom stereocenters. The quantitative estimate of drug-likeness (QED) is 0.588. The first-order valence-corrected chi connectivity index (χ1v) is 13.2. The Morgan fingerprint density at radius 2 is 1.79 bits per heavy atom. The molecule has 4 rings (SSSR count). The Balaban J connectivity index is 1.51. The highest BCUT2D eigenvalue weighted by molar-refractivity contribution is 8.15. The number of methoxy groups -OCH3 is 2. The Bertz CT molecular complexity index is 1170. The van der Waals surface area contributed by atoms with Crippen LogP contribution in [0.2, 0.25) is 0 Å². The molecule has 2 aliphatic heterocycles. The summed E-state index contributed by atoms with van der Waals surface area (Å²) in [4.78, 5) is 19.0. The van der Waals surface area contributed by atoms with Crippen LogP contribution in [0.25, 0.3) is 0 Å². The monoisotopic (exact) mass is 492 g/mol. The van der Waals surface area contributed by atoms with E-state index in [1.165, 1.54) is 31.0 Å². The number of thioether (sulfide) groups is 1. The molecule has 0 bridgehead atoms. The molecule has 33 heavy (non-hydrogen) atoms. The number of carbonyl (C=O) groups excluding carboxylic acids is 1. The summed E-state index contributed by atoms with van der Waals surface area (Å²) in [5.74, 6) is 0.619. The topological polar surface area (TPSA) is 85.3 Å². The average molecular weight is 493 g/mol. The minimum Gasteiger partial charge on any atom is -0.493 e. The highest BCUT2D eigenvalue weighted by Crippen LogP contribution is 2.38. The maximum atomic E-state index is 13.2. The predicted molar refractivity (Wildman–Crippen MR) is 126 cm³/mol. The molecular formula is C23H25FN2O5S2. The van der Waals surface area contributed by atoms with Gasteiger partial charge in [0.1, 0.15) is 5.82 Å². The van der Waals surface area contributed by atoms with Crippen LogP contribution in [0.1, 0.15) is 11.1 Å². The van der Waals surface area contributed by atoms with Gasteiger partial charge in [-0.1, -0.05) is 30.0 Å². The molecule has 7 nitrogen and oxygen atoms in total. The highest BCUT2D eigenvalue weighted by Gasteiger charge is 2.48. The van der Waals surface area contributed by atoms with Gasteiger partial charge in [0.25, 0.3) is 5.91 Å². The van der Waals surface area contributed by atoms with Crippen LogP contribution in [-0.2, 0) is 27.5 Å². The van der Waals surface area contributed by atoms with Crippen molar-refractivity contribution < 1.29 is 27.1 Å². The van der Waals surface area contributed by atoms with Gasteiger partial charge in [-0.2, -0.15) is 4.99 Å². The van der Waals surface area contributed by atoms with Gasteiger partial charge in [0, 0.05) is 11.8 Å². The number of ether oxygens (including phenoxy) is 2. The van der Waals surface area contributed by atoms with Crippen LogP contribution < -0.4 is 9.47 Å². The number of hydrogen-bond donors (Lipinski definition) is 0. The highest BCUT2D eigenvalue weighted by atomic mass is 32.2. The van der Waals surface area contributed by atoms with Crippen LogP contribution in [0.15, 0.2) is 47.5 Å². The second-order valence-electron chi connectivity index (χ2n) is 8.02. The first-order valence-electron chi connectivity index (χ1n) is 10.5. The molecule has 0 saturated carbocycles. The number of benzene rings is 2. The number of fused-ring (bicyclic) bond motifs is 1. The van der Waals surface area contributed by atoms with Crippen LogP contribution in [0, 0.1) is 5.82 Å². The molecule has 2 aromatic rings. The minimum atomic E-state index is -3.12. The van der Waals surface area contributed by atoms with E-state index in [0.717, 1.165) is 11.1 Å². The lowest BCUT2D eigenvalue weighted by Crippen LogP contribution is -2.39. The normalized spacial score (nSPS) is 22.4. The summed E-state index contributed by atoms with van der Waals surface area (Å²) in [6.45, 7) is 0.498. The number of rotatable bonds is 7. The molecule has 2 aliphatic rings. The molecule has 0 radical (unpaired) electrons. The number of amidine groups is 1. The zero-order chi connectivity index (χ0) is 23.6. The Labute approximate surface area is 196 Å². The lowest BCUT2D eigenvalue weighted by molar-refractivity contribution is -0.117. The van der Waals surface area contributed by atoms with E-state index in [0.29, 0.717) is 29.6 Å². The number of sulfone groups is 1. The van der Waals surface area contributed by atoms with Crippen LogP contribution >= 0.6 is 11.8 Å². The van der Waals surface area contributed by atoms with Crippen molar-refractivity contribution in [2.24, 2.45) is 4.99 Å². The zero-order valence-corrected chi connectivity index (χ0v) is 20.0. The summed E-state index contributed by atoms with van der Waals surface area (Å²) in [6.07, 6.45) is 0.677. The van der Waals surface area contributed by atoms with Crippen molar-refractivity contribution in [3.8, 4) is 11.5 Å². The summed E-state index contributed by atoms with van der Waals surface area (Å²) in [5, 5.41) is 0.406. The Morgan fingerprint density at radius 3 is 2.48 bits per heavy atom. The van der Waals surface area contributed by atoms with Crippen molar-refractivity contribution in [2.45, 2.75) is 24.1 Å². The second kappa shape index (κ2) is 9.72. The maximum Gasteiger partial charge on any atom is 0.252 e. The van der Waals surface area contributed by atoms with Crippen molar-refractivity contribution in [1.82, 2.24) is 4.90 Å². The Morgan fingerprint density at radius 1 is 1.09 bits per heavy atom. The van der Waals surface area contributed by atoms with E-state index in [4.69, 9.17) is 9.47 Å². The molecule has 0 N–H and O–H groups in total. The Kier molecular flexibility index (Phi) is 6.94. The molecule has 1 amide bonds. The standard InChI is InChI=1S/C23H25FN2O5S2/c1-30-19-8-5-16(11-20(19)31-2)12-22(27)25-23-26(10-9-15-3-6-17(24)7-4-15)18-13-33(28,29)14-21(18)32-23/h3-8,11,18,21H,9-10,12-14H2,1-2H3. The minimum absolute atomic E-state index is 0.0526. The van der Waals surface area contributed by atoms with Gasteiger partial charge in [-0.25, -0.2) is 12.8 Å². The number of hydrogen-bond acceptors (Lipinski definition) is 6. The molecule has 2 heterocycles. The van der Waals surface area contributed by atoms with E-state index in [1.807, 2.05) is 4.90 Å². The van der Waals surface area contributed by atoms with Crippen molar-refractivity contribution >= 4 is 32.7 Å². The van der Waals surface area contributed by atoms with Crippen molar-refractivity contribution in [3.05, 3.63) is 59.4 Å². The van der Waals surface area contributed by atoms with Gasteiger partial charge in [-0.05, 0) is 41.8 Å². The lowest BCUT2D eigenvalue weighted by atomic mass is 10.1.